The highest BCUT2D eigenvalue weighted by Crippen LogP contribution is 2.21. The monoisotopic (exact) mass is 307 g/mol. The second kappa shape index (κ2) is 7.81. The Bertz CT molecular complexity index is 576. The molecule has 21 heavy (non-hydrogen) atoms. The summed E-state index contributed by atoms with van der Waals surface area (Å²) in [5.41, 5.74) is 2.00. The summed E-state index contributed by atoms with van der Waals surface area (Å²) in [6, 6.07) is 7.86. The van der Waals surface area contributed by atoms with Crippen LogP contribution in [0.2, 0.25) is 5.15 Å². The van der Waals surface area contributed by atoms with E-state index in [1.165, 1.54) is 6.33 Å². The maximum Gasteiger partial charge on any atom is 0.137 e. The Morgan fingerprint density at radius 1 is 1.14 bits per heavy atom. The summed E-state index contributed by atoms with van der Waals surface area (Å²) < 4.78 is 10.2. The molecule has 0 aliphatic heterocycles. The zero-order valence-electron chi connectivity index (χ0n) is 12.1. The molecule has 1 aromatic heterocycles. The number of hydrogen-bond acceptors (Lipinski definition) is 5. The normalized spacial score (nSPS) is 10.4. The van der Waals surface area contributed by atoms with E-state index in [1.807, 2.05) is 24.3 Å². The topological polar surface area (TPSA) is 56.3 Å². The third-order valence-electron chi connectivity index (χ3n) is 3.07. The van der Waals surface area contributed by atoms with Crippen molar-refractivity contribution in [3.8, 4) is 5.75 Å². The molecule has 0 amide bonds. The van der Waals surface area contributed by atoms with Crippen LogP contribution in [-0.4, -0.2) is 30.8 Å². The van der Waals surface area contributed by atoms with Crippen molar-refractivity contribution in [1.29, 1.82) is 0 Å². The summed E-state index contributed by atoms with van der Waals surface area (Å²) in [5.74, 6) is 1.58. The average Bonchev–Trinajstić information content (AvgIpc) is 2.52. The van der Waals surface area contributed by atoms with Crippen molar-refractivity contribution in [2.24, 2.45) is 0 Å². The highest BCUT2D eigenvalue weighted by atomic mass is 35.5. The van der Waals surface area contributed by atoms with Crippen LogP contribution in [-0.2, 0) is 17.7 Å². The van der Waals surface area contributed by atoms with E-state index in [9.17, 15) is 0 Å². The Morgan fingerprint density at radius 3 is 2.57 bits per heavy atom. The van der Waals surface area contributed by atoms with Crippen molar-refractivity contribution >= 4 is 17.4 Å². The van der Waals surface area contributed by atoms with Gasteiger partial charge in [0.15, 0.2) is 0 Å². The fraction of sp³-hybridized carbons (Fsp3) is 0.333. The van der Waals surface area contributed by atoms with Crippen molar-refractivity contribution in [2.75, 3.05) is 26.1 Å². The van der Waals surface area contributed by atoms with Gasteiger partial charge in [0.1, 0.15) is 23.0 Å². The van der Waals surface area contributed by atoms with Crippen LogP contribution in [0.15, 0.2) is 30.6 Å². The first kappa shape index (κ1) is 15.5. The molecule has 0 radical (unpaired) electrons. The Hall–Kier alpha value is -1.85. The number of ether oxygens (including phenoxy) is 2. The van der Waals surface area contributed by atoms with Crippen LogP contribution in [0.5, 0.6) is 5.75 Å². The number of anilines is 1. The van der Waals surface area contributed by atoms with Gasteiger partial charge in [-0.25, -0.2) is 9.97 Å². The quantitative estimate of drug-likeness (QED) is 0.797. The van der Waals surface area contributed by atoms with Crippen LogP contribution in [0, 0.1) is 0 Å². The van der Waals surface area contributed by atoms with Crippen LogP contribution in [0.4, 0.5) is 5.82 Å². The van der Waals surface area contributed by atoms with Crippen molar-refractivity contribution in [2.45, 2.75) is 13.0 Å². The van der Waals surface area contributed by atoms with Gasteiger partial charge in [-0.2, -0.15) is 0 Å². The molecule has 1 N–H and O–H groups in total. The first-order valence-electron chi connectivity index (χ1n) is 6.59. The number of nitrogens with zero attached hydrogens (tertiary/aromatic N) is 2. The Balaban J connectivity index is 2.06. The molecule has 0 atom stereocenters. The lowest BCUT2D eigenvalue weighted by atomic mass is 10.2. The third kappa shape index (κ3) is 4.31. The van der Waals surface area contributed by atoms with Crippen LogP contribution < -0.4 is 10.1 Å². The molecule has 0 saturated heterocycles. The maximum absolute atomic E-state index is 6.12. The first-order chi connectivity index (χ1) is 10.2. The zero-order valence-corrected chi connectivity index (χ0v) is 12.9. The Kier molecular flexibility index (Phi) is 5.78. The highest BCUT2D eigenvalue weighted by Gasteiger charge is 2.09. The van der Waals surface area contributed by atoms with Crippen LogP contribution in [0.1, 0.15) is 11.1 Å². The minimum absolute atomic E-state index is 0.458. The molecular formula is C15H18ClN3O2. The summed E-state index contributed by atoms with van der Waals surface area (Å²) in [7, 11) is 3.31. The smallest absolute Gasteiger partial charge is 0.137 e. The molecule has 1 aromatic carbocycles. The fourth-order valence-electron chi connectivity index (χ4n) is 1.90. The lowest BCUT2D eigenvalue weighted by Gasteiger charge is -2.12. The third-order valence-corrected chi connectivity index (χ3v) is 3.39. The molecule has 0 unspecified atom stereocenters. The van der Waals surface area contributed by atoms with Crippen LogP contribution in [0.25, 0.3) is 0 Å². The van der Waals surface area contributed by atoms with Gasteiger partial charge < -0.3 is 14.8 Å². The minimum atomic E-state index is 0.458. The van der Waals surface area contributed by atoms with E-state index in [2.05, 4.69) is 15.3 Å². The molecular weight excluding hydrogens is 290 g/mol. The summed E-state index contributed by atoms with van der Waals surface area (Å²) in [4.78, 5) is 8.27. The van der Waals surface area contributed by atoms with Gasteiger partial charge in [-0.05, 0) is 17.7 Å². The molecule has 1 heterocycles. The van der Waals surface area contributed by atoms with Crippen molar-refractivity contribution in [3.63, 3.8) is 0 Å². The number of halogens is 1. The number of aromatic nitrogens is 2. The van der Waals surface area contributed by atoms with E-state index in [-0.39, 0.29) is 0 Å². The molecule has 0 fully saturated rings. The van der Waals surface area contributed by atoms with E-state index >= 15 is 0 Å². The fourth-order valence-corrected chi connectivity index (χ4v) is 2.13. The molecule has 0 saturated carbocycles. The van der Waals surface area contributed by atoms with E-state index in [0.717, 1.165) is 22.7 Å². The lowest BCUT2D eigenvalue weighted by molar-refractivity contribution is 0.202. The van der Waals surface area contributed by atoms with Crippen LogP contribution >= 0.6 is 11.6 Å². The molecule has 0 aliphatic rings. The van der Waals surface area contributed by atoms with Gasteiger partial charge in [-0.1, -0.05) is 23.7 Å². The second-order valence-corrected chi connectivity index (χ2v) is 4.79. The number of methoxy groups -OCH3 is 2. The SMILES string of the molecule is COCCc1c(Cl)ncnc1NCc1ccc(OC)cc1. The van der Waals surface area contributed by atoms with Crippen molar-refractivity contribution in [3.05, 3.63) is 46.9 Å². The van der Waals surface area contributed by atoms with E-state index < -0.39 is 0 Å². The standard InChI is InChI=1S/C15H18ClN3O2/c1-20-8-7-13-14(16)18-10-19-15(13)17-9-11-3-5-12(21-2)6-4-11/h3-6,10H,7-9H2,1-2H3,(H,17,18,19). The first-order valence-corrected chi connectivity index (χ1v) is 6.97. The van der Waals surface area contributed by atoms with Crippen molar-refractivity contribution in [1.82, 2.24) is 9.97 Å². The molecule has 2 aromatic rings. The van der Waals surface area contributed by atoms with Gasteiger partial charge >= 0.3 is 0 Å². The number of benzene rings is 1. The molecule has 112 valence electrons. The van der Waals surface area contributed by atoms with Gasteiger partial charge in [0, 0.05) is 25.6 Å². The summed E-state index contributed by atoms with van der Waals surface area (Å²) in [5, 5.41) is 3.74. The summed E-state index contributed by atoms with van der Waals surface area (Å²) >= 11 is 6.12. The maximum atomic E-state index is 6.12. The molecule has 0 aliphatic carbocycles. The molecule has 2 rings (SSSR count). The molecule has 6 heteroatoms. The molecule has 5 nitrogen and oxygen atoms in total. The van der Waals surface area contributed by atoms with Gasteiger partial charge in [0.25, 0.3) is 0 Å². The van der Waals surface area contributed by atoms with E-state index in [1.54, 1.807) is 14.2 Å². The predicted octanol–water partition coefficient (Wildman–Crippen LogP) is 2.94. The Labute approximate surface area is 129 Å². The van der Waals surface area contributed by atoms with Crippen molar-refractivity contribution < 1.29 is 9.47 Å². The summed E-state index contributed by atoms with van der Waals surface area (Å²) in [6.45, 7) is 1.22. The van der Waals surface area contributed by atoms with Gasteiger partial charge in [0.2, 0.25) is 0 Å². The van der Waals surface area contributed by atoms with E-state index in [0.29, 0.717) is 24.7 Å². The largest absolute Gasteiger partial charge is 0.497 e. The van der Waals surface area contributed by atoms with Gasteiger partial charge in [-0.3, -0.25) is 0 Å². The Morgan fingerprint density at radius 2 is 1.90 bits per heavy atom. The zero-order chi connectivity index (χ0) is 15.1. The van der Waals surface area contributed by atoms with Gasteiger partial charge in [-0.15, -0.1) is 0 Å². The average molecular weight is 308 g/mol. The minimum Gasteiger partial charge on any atom is -0.497 e. The number of hydrogen-bond donors (Lipinski definition) is 1. The molecule has 0 spiro atoms. The van der Waals surface area contributed by atoms with Gasteiger partial charge in [0.05, 0.1) is 13.7 Å². The number of rotatable bonds is 7. The van der Waals surface area contributed by atoms with E-state index in [4.69, 9.17) is 21.1 Å². The lowest BCUT2D eigenvalue weighted by Crippen LogP contribution is -2.08. The predicted molar refractivity (Wildman–Crippen MR) is 82.9 cm³/mol. The second-order valence-electron chi connectivity index (χ2n) is 4.44. The number of nitrogens with one attached hydrogen (secondary N) is 1. The molecule has 0 bridgehead atoms. The summed E-state index contributed by atoms with van der Waals surface area (Å²) in [6.07, 6.45) is 2.12. The highest BCUT2D eigenvalue weighted by molar-refractivity contribution is 6.30. The van der Waals surface area contributed by atoms with Crippen LogP contribution in [0.3, 0.4) is 0 Å².